The summed E-state index contributed by atoms with van der Waals surface area (Å²) in [6.07, 6.45) is 3.03. The Labute approximate surface area is 75.7 Å². The second kappa shape index (κ2) is 4.83. The molecule has 0 radical (unpaired) electrons. The summed E-state index contributed by atoms with van der Waals surface area (Å²) in [5, 5.41) is 3.36. The molecule has 2 nitrogen and oxygen atoms in total. The lowest BCUT2D eigenvalue weighted by atomic mass is 9.87. The van der Waals surface area contributed by atoms with Gasteiger partial charge in [-0.2, -0.15) is 0 Å². The van der Waals surface area contributed by atoms with E-state index in [-0.39, 0.29) is 0 Å². The highest BCUT2D eigenvalue weighted by Gasteiger charge is 2.24. The Balaban J connectivity index is 2.36. The van der Waals surface area contributed by atoms with E-state index in [0.29, 0.717) is 6.10 Å². The van der Waals surface area contributed by atoms with E-state index in [4.69, 9.17) is 4.74 Å². The molecule has 72 valence electrons. The minimum Gasteiger partial charge on any atom is -0.380 e. The summed E-state index contributed by atoms with van der Waals surface area (Å²) >= 11 is 0. The van der Waals surface area contributed by atoms with Crippen LogP contribution in [0.3, 0.4) is 0 Å². The van der Waals surface area contributed by atoms with Crippen LogP contribution in [0.15, 0.2) is 0 Å². The molecule has 1 N–H and O–H groups in total. The van der Waals surface area contributed by atoms with Crippen molar-refractivity contribution in [2.24, 2.45) is 11.8 Å². The van der Waals surface area contributed by atoms with Gasteiger partial charge in [-0.05, 0) is 31.2 Å². The summed E-state index contributed by atoms with van der Waals surface area (Å²) in [4.78, 5) is 0. The zero-order chi connectivity index (χ0) is 8.97. The normalized spacial score (nSPS) is 31.0. The predicted molar refractivity (Wildman–Crippen MR) is 51.2 cm³/mol. The van der Waals surface area contributed by atoms with E-state index in [9.17, 15) is 0 Å². The van der Waals surface area contributed by atoms with Gasteiger partial charge in [0.25, 0.3) is 0 Å². The van der Waals surface area contributed by atoms with Gasteiger partial charge in [-0.3, -0.25) is 0 Å². The van der Waals surface area contributed by atoms with Gasteiger partial charge < -0.3 is 10.1 Å². The molecule has 1 rings (SSSR count). The molecule has 1 aliphatic rings. The maximum Gasteiger partial charge on any atom is 0.0724 e. The van der Waals surface area contributed by atoms with Crippen LogP contribution in [0.4, 0.5) is 0 Å². The maximum absolute atomic E-state index is 5.44. The minimum atomic E-state index is 0.446. The molecule has 1 aliphatic heterocycles. The van der Waals surface area contributed by atoms with E-state index in [1.165, 1.54) is 12.8 Å². The topological polar surface area (TPSA) is 21.3 Å². The fourth-order valence-electron chi connectivity index (χ4n) is 2.04. The third-order valence-corrected chi connectivity index (χ3v) is 2.64. The summed E-state index contributed by atoms with van der Waals surface area (Å²) in [6.45, 7) is 6.77. The largest absolute Gasteiger partial charge is 0.380 e. The Morgan fingerprint density at radius 3 is 2.83 bits per heavy atom. The van der Waals surface area contributed by atoms with Crippen LogP contribution in [-0.4, -0.2) is 26.3 Å². The van der Waals surface area contributed by atoms with Crippen molar-refractivity contribution < 1.29 is 4.74 Å². The van der Waals surface area contributed by atoms with Crippen molar-refractivity contribution in [3.63, 3.8) is 0 Å². The van der Waals surface area contributed by atoms with Gasteiger partial charge in [0.1, 0.15) is 0 Å². The van der Waals surface area contributed by atoms with E-state index < -0.39 is 0 Å². The molecule has 1 heterocycles. The molecular formula is C10H21NO. The fraction of sp³-hybridized carbons (Fsp3) is 1.00. The lowest BCUT2D eigenvalue weighted by molar-refractivity contribution is 0.0258. The smallest absolute Gasteiger partial charge is 0.0724 e. The Morgan fingerprint density at radius 1 is 1.50 bits per heavy atom. The van der Waals surface area contributed by atoms with Crippen LogP contribution in [0.5, 0.6) is 0 Å². The molecule has 0 aromatic heterocycles. The summed E-state index contributed by atoms with van der Waals surface area (Å²) in [6, 6.07) is 0. The van der Waals surface area contributed by atoms with E-state index in [0.717, 1.165) is 24.9 Å². The first-order valence-corrected chi connectivity index (χ1v) is 4.97. The molecule has 0 saturated carbocycles. The van der Waals surface area contributed by atoms with Gasteiger partial charge in [-0.25, -0.2) is 0 Å². The fourth-order valence-corrected chi connectivity index (χ4v) is 2.04. The number of nitrogens with one attached hydrogen (secondary N) is 1. The van der Waals surface area contributed by atoms with Crippen LogP contribution >= 0.6 is 0 Å². The molecule has 2 unspecified atom stereocenters. The number of ether oxygens (including phenoxy) is 1. The number of piperidine rings is 1. The van der Waals surface area contributed by atoms with Crippen LogP contribution < -0.4 is 5.32 Å². The van der Waals surface area contributed by atoms with Crippen molar-refractivity contribution in [1.29, 1.82) is 0 Å². The van der Waals surface area contributed by atoms with E-state index in [1.54, 1.807) is 0 Å². The van der Waals surface area contributed by atoms with Crippen LogP contribution in [0.2, 0.25) is 0 Å². The van der Waals surface area contributed by atoms with Gasteiger partial charge >= 0.3 is 0 Å². The summed E-state index contributed by atoms with van der Waals surface area (Å²) in [5.41, 5.74) is 0. The van der Waals surface area contributed by atoms with Gasteiger partial charge in [0.15, 0.2) is 0 Å². The number of methoxy groups -OCH3 is 1. The quantitative estimate of drug-likeness (QED) is 0.697. The summed E-state index contributed by atoms with van der Waals surface area (Å²) in [7, 11) is 1.82. The highest BCUT2D eigenvalue weighted by atomic mass is 16.5. The molecule has 0 bridgehead atoms. The monoisotopic (exact) mass is 171 g/mol. The predicted octanol–water partition coefficient (Wildman–Crippen LogP) is 1.66. The summed E-state index contributed by atoms with van der Waals surface area (Å²) in [5.74, 6) is 1.57. The minimum absolute atomic E-state index is 0.446. The molecule has 0 spiro atoms. The molecule has 1 saturated heterocycles. The summed E-state index contributed by atoms with van der Waals surface area (Å²) < 4.78 is 5.44. The number of hydrogen-bond donors (Lipinski definition) is 1. The number of hydrogen-bond acceptors (Lipinski definition) is 2. The first kappa shape index (κ1) is 10.0. The second-order valence-electron chi connectivity index (χ2n) is 4.16. The SMILES string of the molecule is COC1CNCCC1CC(C)C. The third-order valence-electron chi connectivity index (χ3n) is 2.64. The highest BCUT2D eigenvalue weighted by molar-refractivity contribution is 4.79. The standard InChI is InChI=1S/C10H21NO/c1-8(2)6-9-4-5-11-7-10(9)12-3/h8-11H,4-7H2,1-3H3. The molecule has 1 fully saturated rings. The van der Waals surface area contributed by atoms with E-state index >= 15 is 0 Å². The van der Waals surface area contributed by atoms with Gasteiger partial charge in [-0.1, -0.05) is 13.8 Å². The molecule has 12 heavy (non-hydrogen) atoms. The number of rotatable bonds is 3. The Bertz CT molecular complexity index is 125. The lowest BCUT2D eigenvalue weighted by Crippen LogP contribution is -2.42. The molecule has 0 aromatic rings. The zero-order valence-corrected chi connectivity index (χ0v) is 8.47. The maximum atomic E-state index is 5.44. The van der Waals surface area contributed by atoms with E-state index in [1.807, 2.05) is 7.11 Å². The van der Waals surface area contributed by atoms with Gasteiger partial charge in [0.05, 0.1) is 6.10 Å². The third kappa shape index (κ3) is 2.76. The molecule has 2 atom stereocenters. The Kier molecular flexibility index (Phi) is 4.02. The average Bonchev–Trinajstić information content (AvgIpc) is 2.04. The first-order chi connectivity index (χ1) is 5.74. The van der Waals surface area contributed by atoms with Crippen molar-refractivity contribution in [3.05, 3.63) is 0 Å². The molecule has 0 amide bonds. The average molecular weight is 171 g/mol. The molecule has 2 heteroatoms. The van der Waals surface area contributed by atoms with E-state index in [2.05, 4.69) is 19.2 Å². The van der Waals surface area contributed by atoms with Crippen molar-refractivity contribution in [2.75, 3.05) is 20.2 Å². The first-order valence-electron chi connectivity index (χ1n) is 4.97. The zero-order valence-electron chi connectivity index (χ0n) is 8.47. The Morgan fingerprint density at radius 2 is 2.25 bits per heavy atom. The van der Waals surface area contributed by atoms with Gasteiger partial charge in [0.2, 0.25) is 0 Å². The lowest BCUT2D eigenvalue weighted by Gasteiger charge is -2.32. The molecule has 0 aromatic carbocycles. The van der Waals surface area contributed by atoms with Crippen molar-refractivity contribution in [1.82, 2.24) is 5.32 Å². The molecular weight excluding hydrogens is 150 g/mol. The van der Waals surface area contributed by atoms with Crippen LogP contribution in [0.1, 0.15) is 26.7 Å². The van der Waals surface area contributed by atoms with Crippen molar-refractivity contribution in [3.8, 4) is 0 Å². The van der Waals surface area contributed by atoms with Crippen molar-refractivity contribution >= 4 is 0 Å². The van der Waals surface area contributed by atoms with Crippen molar-refractivity contribution in [2.45, 2.75) is 32.8 Å². The highest BCUT2D eigenvalue weighted by Crippen LogP contribution is 2.22. The second-order valence-corrected chi connectivity index (χ2v) is 4.16. The van der Waals surface area contributed by atoms with Gasteiger partial charge in [-0.15, -0.1) is 0 Å². The van der Waals surface area contributed by atoms with Crippen LogP contribution in [0.25, 0.3) is 0 Å². The van der Waals surface area contributed by atoms with Crippen LogP contribution in [0, 0.1) is 11.8 Å². The Hall–Kier alpha value is -0.0800. The molecule has 0 aliphatic carbocycles. The van der Waals surface area contributed by atoms with Crippen LogP contribution in [-0.2, 0) is 4.74 Å². The van der Waals surface area contributed by atoms with Gasteiger partial charge in [0, 0.05) is 13.7 Å².